The molecule has 0 spiro atoms. The molecular weight excluding hydrogens is 182 g/mol. The van der Waals surface area contributed by atoms with Gasteiger partial charge in [-0.1, -0.05) is 6.58 Å². The quantitative estimate of drug-likeness (QED) is 0.681. The van der Waals surface area contributed by atoms with Crippen LogP contribution in [-0.4, -0.2) is 47.8 Å². The number of aliphatic carboxylic acids is 1. The molecule has 80 valence electrons. The van der Waals surface area contributed by atoms with Crippen LogP contribution in [0.1, 0.15) is 13.8 Å². The van der Waals surface area contributed by atoms with Crippen LogP contribution in [0.15, 0.2) is 12.2 Å². The van der Waals surface area contributed by atoms with Gasteiger partial charge in [0.05, 0.1) is 13.2 Å². The predicted molar refractivity (Wildman–Crippen MR) is 53.2 cm³/mol. The smallest absolute Gasteiger partial charge is 0.332 e. The molecule has 0 aromatic heterocycles. The molecule has 0 amide bonds. The number of hydrogen-bond acceptors (Lipinski definition) is 3. The van der Waals surface area contributed by atoms with Crippen molar-refractivity contribution in [2.75, 3.05) is 26.3 Å². The van der Waals surface area contributed by atoms with Crippen LogP contribution in [0.2, 0.25) is 0 Å². The van der Waals surface area contributed by atoms with Gasteiger partial charge in [0, 0.05) is 24.2 Å². The second-order valence-electron chi connectivity index (χ2n) is 4.20. The first-order valence-electron chi connectivity index (χ1n) is 4.67. The summed E-state index contributed by atoms with van der Waals surface area (Å²) in [6.45, 7) is 10.1. The number of hydrogen-bond donors (Lipinski definition) is 1. The van der Waals surface area contributed by atoms with Gasteiger partial charge in [0.2, 0.25) is 0 Å². The SMILES string of the molecule is C=C(CN1CCOCC1(C)C)C(=O)O. The van der Waals surface area contributed by atoms with Crippen LogP contribution in [-0.2, 0) is 9.53 Å². The maximum absolute atomic E-state index is 10.6. The lowest BCUT2D eigenvalue weighted by Crippen LogP contribution is -2.53. The molecule has 14 heavy (non-hydrogen) atoms. The summed E-state index contributed by atoms with van der Waals surface area (Å²) in [6, 6.07) is 0. The summed E-state index contributed by atoms with van der Waals surface area (Å²) >= 11 is 0. The first-order valence-corrected chi connectivity index (χ1v) is 4.67. The van der Waals surface area contributed by atoms with Gasteiger partial charge in [0.1, 0.15) is 0 Å². The Balaban J connectivity index is 2.58. The normalized spacial score (nSPS) is 21.9. The van der Waals surface area contributed by atoms with E-state index < -0.39 is 5.97 Å². The van der Waals surface area contributed by atoms with Crippen molar-refractivity contribution in [3.8, 4) is 0 Å². The van der Waals surface area contributed by atoms with E-state index in [0.29, 0.717) is 19.8 Å². The van der Waals surface area contributed by atoms with Crippen LogP contribution in [0.25, 0.3) is 0 Å². The van der Waals surface area contributed by atoms with E-state index in [2.05, 4.69) is 11.5 Å². The highest BCUT2D eigenvalue weighted by molar-refractivity contribution is 5.86. The molecule has 1 aliphatic heterocycles. The topological polar surface area (TPSA) is 49.8 Å². The van der Waals surface area contributed by atoms with Gasteiger partial charge in [-0.15, -0.1) is 0 Å². The van der Waals surface area contributed by atoms with Crippen LogP contribution >= 0.6 is 0 Å². The molecule has 1 saturated heterocycles. The Labute approximate surface area is 84.2 Å². The Morgan fingerprint density at radius 1 is 1.64 bits per heavy atom. The first-order chi connectivity index (χ1) is 6.43. The number of carboxylic acids is 1. The second-order valence-corrected chi connectivity index (χ2v) is 4.20. The largest absolute Gasteiger partial charge is 0.478 e. The highest BCUT2D eigenvalue weighted by atomic mass is 16.5. The van der Waals surface area contributed by atoms with Crippen LogP contribution < -0.4 is 0 Å². The third-order valence-corrected chi connectivity index (χ3v) is 2.50. The molecule has 1 fully saturated rings. The molecule has 0 aromatic carbocycles. The number of rotatable bonds is 3. The maximum atomic E-state index is 10.6. The summed E-state index contributed by atoms with van der Waals surface area (Å²) < 4.78 is 5.34. The van der Waals surface area contributed by atoms with Crippen LogP contribution in [0.3, 0.4) is 0 Å². The molecule has 1 heterocycles. The summed E-state index contributed by atoms with van der Waals surface area (Å²) in [5.74, 6) is -0.924. The summed E-state index contributed by atoms with van der Waals surface area (Å²) in [5.41, 5.74) is 0.136. The highest BCUT2D eigenvalue weighted by Gasteiger charge is 2.31. The third-order valence-electron chi connectivity index (χ3n) is 2.50. The molecule has 1 N–H and O–H groups in total. The van der Waals surface area contributed by atoms with Crippen LogP contribution in [0, 0.1) is 0 Å². The fourth-order valence-corrected chi connectivity index (χ4v) is 1.48. The van der Waals surface area contributed by atoms with Crippen molar-refractivity contribution in [3.63, 3.8) is 0 Å². The number of nitrogens with zero attached hydrogens (tertiary/aromatic N) is 1. The van der Waals surface area contributed by atoms with E-state index in [1.807, 2.05) is 13.8 Å². The van der Waals surface area contributed by atoms with E-state index in [9.17, 15) is 4.79 Å². The zero-order valence-corrected chi connectivity index (χ0v) is 8.75. The fourth-order valence-electron chi connectivity index (χ4n) is 1.48. The molecule has 4 heteroatoms. The van der Waals surface area contributed by atoms with E-state index in [1.54, 1.807) is 0 Å². The number of carbonyl (C=O) groups is 1. The third kappa shape index (κ3) is 2.56. The molecule has 0 aliphatic carbocycles. The van der Waals surface area contributed by atoms with E-state index in [-0.39, 0.29) is 11.1 Å². The average Bonchev–Trinajstić information content (AvgIpc) is 2.08. The molecule has 0 bridgehead atoms. The molecule has 0 radical (unpaired) electrons. The van der Waals surface area contributed by atoms with Crippen molar-refractivity contribution in [3.05, 3.63) is 12.2 Å². The number of ether oxygens (including phenoxy) is 1. The van der Waals surface area contributed by atoms with E-state index >= 15 is 0 Å². The zero-order chi connectivity index (χ0) is 10.8. The molecule has 0 aromatic rings. The van der Waals surface area contributed by atoms with Crippen molar-refractivity contribution in [2.24, 2.45) is 0 Å². The van der Waals surface area contributed by atoms with Crippen molar-refractivity contribution >= 4 is 5.97 Å². The zero-order valence-electron chi connectivity index (χ0n) is 8.75. The van der Waals surface area contributed by atoms with Gasteiger partial charge in [0.15, 0.2) is 0 Å². The van der Waals surface area contributed by atoms with Crippen LogP contribution in [0.5, 0.6) is 0 Å². The standard InChI is InChI=1S/C10H17NO3/c1-8(9(12)13)6-11-4-5-14-7-10(11,2)3/h1,4-7H2,2-3H3,(H,12,13). The lowest BCUT2D eigenvalue weighted by Gasteiger charge is -2.42. The van der Waals surface area contributed by atoms with Gasteiger partial charge in [-0.05, 0) is 13.8 Å². The molecule has 1 aliphatic rings. The molecular formula is C10H17NO3. The van der Waals surface area contributed by atoms with Crippen LogP contribution in [0.4, 0.5) is 0 Å². The second kappa shape index (κ2) is 4.11. The molecule has 4 nitrogen and oxygen atoms in total. The lowest BCUT2D eigenvalue weighted by atomic mass is 10.0. The minimum atomic E-state index is -0.924. The van der Waals surface area contributed by atoms with E-state index in [1.165, 1.54) is 0 Å². The summed E-state index contributed by atoms with van der Waals surface area (Å²) in [6.07, 6.45) is 0. The number of carboxylic acid groups (broad SMARTS) is 1. The number of morpholine rings is 1. The first kappa shape index (κ1) is 11.2. The summed E-state index contributed by atoms with van der Waals surface area (Å²) in [4.78, 5) is 12.7. The Morgan fingerprint density at radius 3 is 2.79 bits per heavy atom. The average molecular weight is 199 g/mol. The Morgan fingerprint density at radius 2 is 2.29 bits per heavy atom. The molecule has 0 atom stereocenters. The van der Waals surface area contributed by atoms with Gasteiger partial charge in [-0.3, -0.25) is 4.90 Å². The van der Waals surface area contributed by atoms with Crippen molar-refractivity contribution < 1.29 is 14.6 Å². The molecule has 1 rings (SSSR count). The summed E-state index contributed by atoms with van der Waals surface area (Å²) in [5, 5.41) is 8.73. The van der Waals surface area contributed by atoms with Gasteiger partial charge in [0.25, 0.3) is 0 Å². The fraction of sp³-hybridized carbons (Fsp3) is 0.700. The van der Waals surface area contributed by atoms with E-state index in [0.717, 1.165) is 6.54 Å². The predicted octanol–water partition coefficient (Wildman–Crippen LogP) is 0.738. The summed E-state index contributed by atoms with van der Waals surface area (Å²) in [7, 11) is 0. The maximum Gasteiger partial charge on any atom is 0.332 e. The minimum absolute atomic E-state index is 0.101. The minimum Gasteiger partial charge on any atom is -0.478 e. The monoisotopic (exact) mass is 199 g/mol. The van der Waals surface area contributed by atoms with Gasteiger partial charge in [-0.2, -0.15) is 0 Å². The van der Waals surface area contributed by atoms with E-state index in [4.69, 9.17) is 9.84 Å². The lowest BCUT2D eigenvalue weighted by molar-refractivity contribution is -0.133. The Kier molecular flexibility index (Phi) is 3.29. The van der Waals surface area contributed by atoms with Gasteiger partial charge in [-0.25, -0.2) is 4.79 Å². The Hall–Kier alpha value is -0.870. The van der Waals surface area contributed by atoms with Crippen molar-refractivity contribution in [1.29, 1.82) is 0 Å². The highest BCUT2D eigenvalue weighted by Crippen LogP contribution is 2.19. The molecule has 0 unspecified atom stereocenters. The van der Waals surface area contributed by atoms with Gasteiger partial charge >= 0.3 is 5.97 Å². The van der Waals surface area contributed by atoms with Crippen molar-refractivity contribution in [2.45, 2.75) is 19.4 Å². The van der Waals surface area contributed by atoms with Gasteiger partial charge < -0.3 is 9.84 Å². The Bertz CT molecular complexity index is 248. The van der Waals surface area contributed by atoms with Crippen molar-refractivity contribution in [1.82, 2.24) is 4.90 Å². The molecule has 0 saturated carbocycles.